The van der Waals surface area contributed by atoms with Crippen LogP contribution in [0, 0.1) is 5.92 Å². The Labute approximate surface area is 119 Å². The smallest absolute Gasteiger partial charge is 0.123 e. The van der Waals surface area contributed by atoms with Gasteiger partial charge in [0.15, 0.2) is 0 Å². The van der Waals surface area contributed by atoms with Crippen LogP contribution < -0.4 is 4.74 Å². The molecule has 2 heteroatoms. The second-order valence-electron chi connectivity index (χ2n) is 5.88. The van der Waals surface area contributed by atoms with E-state index in [0.29, 0.717) is 10.7 Å². The van der Waals surface area contributed by atoms with E-state index in [1.54, 1.807) is 0 Å². The summed E-state index contributed by atoms with van der Waals surface area (Å²) in [7, 11) is 0. The van der Waals surface area contributed by atoms with Crippen molar-refractivity contribution in [1.29, 1.82) is 0 Å². The lowest BCUT2D eigenvalue weighted by Gasteiger charge is -2.20. The van der Waals surface area contributed by atoms with Gasteiger partial charge in [-0.2, -0.15) is 0 Å². The maximum absolute atomic E-state index is 5.93. The highest BCUT2D eigenvalue weighted by Crippen LogP contribution is 2.40. The van der Waals surface area contributed by atoms with Gasteiger partial charge < -0.3 is 4.74 Å². The number of fused-ring (bicyclic) bond motifs is 1. The van der Waals surface area contributed by atoms with E-state index in [-0.39, 0.29) is 5.60 Å². The highest BCUT2D eigenvalue weighted by Gasteiger charge is 2.30. The molecule has 0 bridgehead atoms. The fourth-order valence-electron chi connectivity index (χ4n) is 2.78. The van der Waals surface area contributed by atoms with Gasteiger partial charge in [-0.1, -0.05) is 54.8 Å². The van der Waals surface area contributed by atoms with Crippen molar-refractivity contribution in [2.75, 3.05) is 0 Å². The first-order chi connectivity index (χ1) is 8.46. The van der Waals surface area contributed by atoms with Gasteiger partial charge in [0.05, 0.1) is 0 Å². The molecule has 1 heterocycles. The monoisotopic (exact) mass is 310 g/mol. The standard InChI is InChI=1S/C16H23BrO/c1-5-11(6-2)15(17)12-7-8-14-13(9-12)10-16(3,4)18-14/h7-9,11,15H,5-6,10H2,1-4H3. The van der Waals surface area contributed by atoms with Gasteiger partial charge in [-0.15, -0.1) is 0 Å². The molecular weight excluding hydrogens is 288 g/mol. The van der Waals surface area contributed by atoms with Crippen molar-refractivity contribution in [3.8, 4) is 5.75 Å². The second-order valence-corrected chi connectivity index (χ2v) is 6.87. The summed E-state index contributed by atoms with van der Waals surface area (Å²) in [5, 5.41) is 0. The molecule has 1 atom stereocenters. The molecule has 0 aromatic heterocycles. The zero-order valence-electron chi connectivity index (χ0n) is 11.8. The molecule has 0 saturated heterocycles. The molecule has 1 nitrogen and oxygen atoms in total. The van der Waals surface area contributed by atoms with Gasteiger partial charge in [0.25, 0.3) is 0 Å². The third-order valence-electron chi connectivity index (χ3n) is 3.87. The maximum Gasteiger partial charge on any atom is 0.123 e. The molecule has 0 amide bonds. The fraction of sp³-hybridized carbons (Fsp3) is 0.625. The number of ether oxygens (including phenoxy) is 1. The van der Waals surface area contributed by atoms with Gasteiger partial charge >= 0.3 is 0 Å². The third kappa shape index (κ3) is 2.74. The Bertz CT molecular complexity index is 421. The minimum absolute atomic E-state index is 0.0440. The quantitative estimate of drug-likeness (QED) is 0.688. The number of rotatable bonds is 4. The van der Waals surface area contributed by atoms with E-state index in [0.717, 1.165) is 12.2 Å². The van der Waals surface area contributed by atoms with Gasteiger partial charge in [0.2, 0.25) is 0 Å². The van der Waals surface area contributed by atoms with Crippen molar-refractivity contribution < 1.29 is 4.74 Å². The molecule has 0 N–H and O–H groups in total. The largest absolute Gasteiger partial charge is 0.487 e. The summed E-state index contributed by atoms with van der Waals surface area (Å²) in [6, 6.07) is 6.66. The van der Waals surface area contributed by atoms with E-state index in [2.05, 4.69) is 61.8 Å². The molecule has 0 radical (unpaired) electrons. The molecule has 0 aliphatic carbocycles. The van der Waals surface area contributed by atoms with E-state index in [4.69, 9.17) is 4.74 Å². The number of alkyl halides is 1. The summed E-state index contributed by atoms with van der Waals surface area (Å²) in [5.74, 6) is 1.77. The van der Waals surface area contributed by atoms with Crippen LogP contribution in [0.1, 0.15) is 56.5 Å². The molecule has 0 saturated carbocycles. The number of hydrogen-bond donors (Lipinski definition) is 0. The van der Waals surface area contributed by atoms with E-state index in [1.165, 1.54) is 24.0 Å². The van der Waals surface area contributed by atoms with Crippen LogP contribution >= 0.6 is 15.9 Å². The Morgan fingerprint density at radius 2 is 1.94 bits per heavy atom. The molecule has 0 fully saturated rings. The summed E-state index contributed by atoms with van der Waals surface area (Å²) in [5.41, 5.74) is 2.70. The molecule has 1 aromatic rings. The Hall–Kier alpha value is -0.500. The van der Waals surface area contributed by atoms with Crippen LogP contribution in [0.3, 0.4) is 0 Å². The molecule has 100 valence electrons. The number of benzene rings is 1. The number of halogens is 1. The zero-order chi connectivity index (χ0) is 13.3. The van der Waals surface area contributed by atoms with Crippen LogP contribution in [0.25, 0.3) is 0 Å². The molecule has 1 unspecified atom stereocenters. The summed E-state index contributed by atoms with van der Waals surface area (Å²) < 4.78 is 5.93. The number of hydrogen-bond acceptors (Lipinski definition) is 1. The fourth-order valence-corrected chi connectivity index (χ4v) is 3.81. The maximum atomic E-state index is 5.93. The average molecular weight is 311 g/mol. The second kappa shape index (κ2) is 5.24. The van der Waals surface area contributed by atoms with Crippen LogP contribution in [0.2, 0.25) is 0 Å². The lowest BCUT2D eigenvalue weighted by Crippen LogP contribution is -2.24. The minimum Gasteiger partial charge on any atom is -0.487 e. The predicted octanol–water partition coefficient (Wildman–Crippen LogP) is 5.27. The van der Waals surface area contributed by atoms with Crippen LogP contribution in [0.15, 0.2) is 18.2 Å². The normalized spacial score (nSPS) is 18.6. The summed E-state index contributed by atoms with van der Waals surface area (Å²) in [6.45, 7) is 8.84. The van der Waals surface area contributed by atoms with E-state index in [1.807, 2.05) is 0 Å². The first-order valence-electron chi connectivity index (χ1n) is 6.92. The van der Waals surface area contributed by atoms with Gasteiger partial charge in [-0.25, -0.2) is 0 Å². The van der Waals surface area contributed by atoms with Crippen molar-refractivity contribution in [3.05, 3.63) is 29.3 Å². The summed E-state index contributed by atoms with van der Waals surface area (Å²) in [4.78, 5) is 0.460. The summed E-state index contributed by atoms with van der Waals surface area (Å²) in [6.07, 6.45) is 3.44. The van der Waals surface area contributed by atoms with Crippen LogP contribution in [0.5, 0.6) is 5.75 Å². The summed E-state index contributed by atoms with van der Waals surface area (Å²) >= 11 is 3.87. The molecule has 0 spiro atoms. The Morgan fingerprint density at radius 1 is 1.28 bits per heavy atom. The predicted molar refractivity (Wildman–Crippen MR) is 80.6 cm³/mol. The Morgan fingerprint density at radius 3 is 2.56 bits per heavy atom. The first-order valence-corrected chi connectivity index (χ1v) is 7.84. The molecule has 1 aliphatic heterocycles. The lowest BCUT2D eigenvalue weighted by molar-refractivity contribution is 0.138. The van der Waals surface area contributed by atoms with Crippen molar-refractivity contribution in [2.45, 2.75) is 57.4 Å². The van der Waals surface area contributed by atoms with Crippen molar-refractivity contribution >= 4 is 15.9 Å². The molecule has 2 rings (SSSR count). The van der Waals surface area contributed by atoms with Crippen LogP contribution in [-0.4, -0.2) is 5.60 Å². The van der Waals surface area contributed by atoms with E-state index >= 15 is 0 Å². The van der Waals surface area contributed by atoms with Crippen molar-refractivity contribution in [2.24, 2.45) is 5.92 Å². The van der Waals surface area contributed by atoms with Gasteiger partial charge in [-0.3, -0.25) is 0 Å². The molecular formula is C16H23BrO. The highest BCUT2D eigenvalue weighted by molar-refractivity contribution is 9.09. The average Bonchev–Trinajstić information content (AvgIpc) is 2.63. The molecule has 18 heavy (non-hydrogen) atoms. The topological polar surface area (TPSA) is 9.23 Å². The molecule has 1 aliphatic rings. The SMILES string of the molecule is CCC(CC)C(Br)c1ccc2c(c1)CC(C)(C)O2. The Kier molecular flexibility index (Phi) is 4.05. The highest BCUT2D eigenvalue weighted by atomic mass is 79.9. The van der Waals surface area contributed by atoms with Crippen molar-refractivity contribution in [1.82, 2.24) is 0 Å². The third-order valence-corrected chi connectivity index (χ3v) is 5.14. The van der Waals surface area contributed by atoms with Gasteiger partial charge in [-0.05, 0) is 37.0 Å². The lowest BCUT2D eigenvalue weighted by atomic mass is 9.92. The molecule has 1 aromatic carbocycles. The van der Waals surface area contributed by atoms with E-state index in [9.17, 15) is 0 Å². The van der Waals surface area contributed by atoms with Gasteiger partial charge in [0, 0.05) is 11.2 Å². The first kappa shape index (κ1) is 13.9. The van der Waals surface area contributed by atoms with Crippen LogP contribution in [-0.2, 0) is 6.42 Å². The van der Waals surface area contributed by atoms with Crippen molar-refractivity contribution in [3.63, 3.8) is 0 Å². The van der Waals surface area contributed by atoms with Gasteiger partial charge in [0.1, 0.15) is 11.4 Å². The minimum atomic E-state index is -0.0440. The van der Waals surface area contributed by atoms with E-state index < -0.39 is 0 Å². The zero-order valence-corrected chi connectivity index (χ0v) is 13.4. The van der Waals surface area contributed by atoms with Crippen LogP contribution in [0.4, 0.5) is 0 Å². The Balaban J connectivity index is 2.23.